The molecule has 0 saturated carbocycles. The summed E-state index contributed by atoms with van der Waals surface area (Å²) in [7, 11) is 0. The molecule has 2 atom stereocenters. The molecule has 1 aromatic carbocycles. The fourth-order valence-corrected chi connectivity index (χ4v) is 1.92. The zero-order valence-corrected chi connectivity index (χ0v) is 11.9. The van der Waals surface area contributed by atoms with Crippen molar-refractivity contribution in [2.24, 2.45) is 11.8 Å². The van der Waals surface area contributed by atoms with Crippen molar-refractivity contribution >= 4 is 11.9 Å². The van der Waals surface area contributed by atoms with E-state index in [1.807, 2.05) is 0 Å². The highest BCUT2D eigenvalue weighted by Crippen LogP contribution is 2.11. The molecule has 1 unspecified atom stereocenters. The Bertz CT molecular complexity index is 488. The Morgan fingerprint density at radius 1 is 1.30 bits per heavy atom. The van der Waals surface area contributed by atoms with Crippen molar-refractivity contribution in [2.75, 3.05) is 0 Å². The largest absolute Gasteiger partial charge is 0.480 e. The molecule has 4 nitrogen and oxygen atoms in total. The third kappa shape index (κ3) is 4.64. The van der Waals surface area contributed by atoms with Crippen molar-refractivity contribution in [3.8, 4) is 0 Å². The van der Waals surface area contributed by atoms with Gasteiger partial charge in [0.25, 0.3) is 0 Å². The van der Waals surface area contributed by atoms with Crippen LogP contribution in [-0.4, -0.2) is 23.0 Å². The zero-order valence-electron chi connectivity index (χ0n) is 11.9. The smallest absolute Gasteiger partial charge is 0.326 e. The van der Waals surface area contributed by atoms with E-state index in [4.69, 9.17) is 5.11 Å². The number of carboxylic acid groups (broad SMARTS) is 1. The molecule has 0 spiro atoms. The third-order valence-corrected chi connectivity index (χ3v) is 3.11. The van der Waals surface area contributed by atoms with Crippen LogP contribution in [0.4, 0.5) is 4.39 Å². The van der Waals surface area contributed by atoms with E-state index >= 15 is 0 Å². The summed E-state index contributed by atoms with van der Waals surface area (Å²) in [6.07, 6.45) is 0.369. The minimum atomic E-state index is -1.05. The van der Waals surface area contributed by atoms with Crippen LogP contribution in [-0.2, 0) is 16.0 Å². The fourth-order valence-electron chi connectivity index (χ4n) is 1.92. The van der Waals surface area contributed by atoms with E-state index < -0.39 is 17.9 Å². The van der Waals surface area contributed by atoms with Crippen LogP contribution < -0.4 is 5.32 Å². The highest BCUT2D eigenvalue weighted by Gasteiger charge is 2.25. The lowest BCUT2D eigenvalue weighted by molar-refractivity contribution is -0.143. The number of nitrogens with one attached hydrogen (secondary N) is 1. The van der Waals surface area contributed by atoms with Gasteiger partial charge in [-0.05, 0) is 30.0 Å². The molecule has 0 heterocycles. The van der Waals surface area contributed by atoms with Crippen molar-refractivity contribution in [2.45, 2.75) is 33.2 Å². The normalized spacial score (nSPS) is 13.8. The molecule has 0 aliphatic heterocycles. The maximum Gasteiger partial charge on any atom is 0.326 e. The van der Waals surface area contributed by atoms with Crippen molar-refractivity contribution in [1.82, 2.24) is 5.32 Å². The van der Waals surface area contributed by atoms with Gasteiger partial charge in [-0.3, -0.25) is 4.79 Å². The quantitative estimate of drug-likeness (QED) is 0.840. The first-order valence-corrected chi connectivity index (χ1v) is 6.59. The van der Waals surface area contributed by atoms with E-state index in [0.717, 1.165) is 0 Å². The first kappa shape index (κ1) is 16.1. The Kier molecular flexibility index (Phi) is 5.67. The Hall–Kier alpha value is -1.91. The SMILES string of the molecule is CC(Cc1cccc(F)c1)C(=O)N[C@@H](C(=O)O)C(C)C. The first-order chi connectivity index (χ1) is 9.31. The molecular weight excluding hydrogens is 261 g/mol. The third-order valence-electron chi connectivity index (χ3n) is 3.11. The summed E-state index contributed by atoms with van der Waals surface area (Å²) in [6.45, 7) is 5.16. The Balaban J connectivity index is 2.65. The van der Waals surface area contributed by atoms with Gasteiger partial charge in [-0.1, -0.05) is 32.9 Å². The number of carbonyl (C=O) groups excluding carboxylic acids is 1. The van der Waals surface area contributed by atoms with Crippen LogP contribution in [0.1, 0.15) is 26.3 Å². The van der Waals surface area contributed by atoms with Gasteiger partial charge >= 0.3 is 5.97 Å². The van der Waals surface area contributed by atoms with Crippen LogP contribution in [0.15, 0.2) is 24.3 Å². The van der Waals surface area contributed by atoms with E-state index in [1.54, 1.807) is 32.9 Å². The minimum Gasteiger partial charge on any atom is -0.480 e. The molecule has 0 bridgehead atoms. The lowest BCUT2D eigenvalue weighted by atomic mass is 9.98. The monoisotopic (exact) mass is 281 g/mol. The fraction of sp³-hybridized carbons (Fsp3) is 0.467. The Labute approximate surface area is 118 Å². The molecule has 0 fully saturated rings. The molecule has 0 aliphatic carbocycles. The second-order valence-electron chi connectivity index (χ2n) is 5.30. The first-order valence-electron chi connectivity index (χ1n) is 6.59. The van der Waals surface area contributed by atoms with E-state index in [9.17, 15) is 14.0 Å². The maximum absolute atomic E-state index is 13.1. The van der Waals surface area contributed by atoms with Gasteiger partial charge in [0.15, 0.2) is 0 Å². The van der Waals surface area contributed by atoms with Gasteiger partial charge < -0.3 is 10.4 Å². The van der Waals surface area contributed by atoms with Crippen molar-refractivity contribution in [1.29, 1.82) is 0 Å². The number of hydrogen-bond acceptors (Lipinski definition) is 2. The second kappa shape index (κ2) is 7.03. The van der Waals surface area contributed by atoms with Gasteiger partial charge in [-0.25, -0.2) is 9.18 Å². The molecule has 2 N–H and O–H groups in total. The molecule has 0 radical (unpaired) electrons. The number of benzene rings is 1. The van der Waals surface area contributed by atoms with Gasteiger partial charge in [0.05, 0.1) is 0 Å². The highest BCUT2D eigenvalue weighted by molar-refractivity contribution is 5.85. The molecule has 20 heavy (non-hydrogen) atoms. The maximum atomic E-state index is 13.1. The molecular formula is C15H20FNO3. The predicted octanol–water partition coefficient (Wildman–Crippen LogP) is 2.23. The van der Waals surface area contributed by atoms with Gasteiger partial charge in [0.2, 0.25) is 5.91 Å². The zero-order chi connectivity index (χ0) is 15.3. The van der Waals surface area contributed by atoms with Crippen LogP contribution in [0, 0.1) is 17.7 Å². The van der Waals surface area contributed by atoms with Crippen LogP contribution in [0.5, 0.6) is 0 Å². The standard InChI is InChI=1S/C15H20FNO3/c1-9(2)13(15(19)20)17-14(18)10(3)7-11-5-4-6-12(16)8-11/h4-6,8-10,13H,7H2,1-3H3,(H,17,18)(H,19,20)/t10?,13-/m1/s1. The average Bonchev–Trinajstić information content (AvgIpc) is 2.34. The number of carboxylic acids is 1. The predicted molar refractivity (Wildman–Crippen MR) is 73.7 cm³/mol. The van der Waals surface area contributed by atoms with Crippen LogP contribution in [0.25, 0.3) is 0 Å². The number of amides is 1. The van der Waals surface area contributed by atoms with Gasteiger partial charge in [-0.15, -0.1) is 0 Å². The number of halogens is 1. The number of hydrogen-bond donors (Lipinski definition) is 2. The second-order valence-corrected chi connectivity index (χ2v) is 5.30. The Morgan fingerprint density at radius 3 is 2.45 bits per heavy atom. The average molecular weight is 281 g/mol. The highest BCUT2D eigenvalue weighted by atomic mass is 19.1. The minimum absolute atomic E-state index is 0.196. The lowest BCUT2D eigenvalue weighted by Gasteiger charge is -2.20. The molecule has 0 aliphatic rings. The van der Waals surface area contributed by atoms with Crippen molar-refractivity contribution in [3.63, 3.8) is 0 Å². The Morgan fingerprint density at radius 2 is 1.95 bits per heavy atom. The van der Waals surface area contributed by atoms with Crippen LogP contribution in [0.2, 0.25) is 0 Å². The molecule has 1 rings (SSSR count). The van der Waals surface area contributed by atoms with Gasteiger partial charge in [0.1, 0.15) is 11.9 Å². The summed E-state index contributed by atoms with van der Waals surface area (Å²) in [5, 5.41) is 11.6. The summed E-state index contributed by atoms with van der Waals surface area (Å²) in [6, 6.07) is 5.14. The number of aliphatic carboxylic acids is 1. The van der Waals surface area contributed by atoms with Crippen molar-refractivity contribution in [3.05, 3.63) is 35.6 Å². The van der Waals surface area contributed by atoms with E-state index in [0.29, 0.717) is 12.0 Å². The van der Waals surface area contributed by atoms with Gasteiger partial charge in [-0.2, -0.15) is 0 Å². The number of rotatable bonds is 6. The van der Waals surface area contributed by atoms with Crippen molar-refractivity contribution < 1.29 is 19.1 Å². The van der Waals surface area contributed by atoms with E-state index in [1.165, 1.54) is 12.1 Å². The molecule has 5 heteroatoms. The molecule has 1 amide bonds. The lowest BCUT2D eigenvalue weighted by Crippen LogP contribution is -2.46. The summed E-state index contributed by atoms with van der Waals surface area (Å²) in [5.41, 5.74) is 0.712. The van der Waals surface area contributed by atoms with E-state index in [-0.39, 0.29) is 17.6 Å². The molecule has 1 aromatic rings. The summed E-state index contributed by atoms with van der Waals surface area (Å²) < 4.78 is 13.1. The topological polar surface area (TPSA) is 66.4 Å². The molecule has 110 valence electrons. The summed E-state index contributed by atoms with van der Waals surface area (Å²) >= 11 is 0. The van der Waals surface area contributed by atoms with Crippen LogP contribution >= 0.6 is 0 Å². The number of carbonyl (C=O) groups is 2. The molecule has 0 aromatic heterocycles. The summed E-state index contributed by atoms with van der Waals surface area (Å²) in [4.78, 5) is 23.0. The van der Waals surface area contributed by atoms with E-state index in [2.05, 4.69) is 5.32 Å². The summed E-state index contributed by atoms with van der Waals surface area (Å²) in [5.74, 6) is -2.35. The van der Waals surface area contributed by atoms with Crippen LogP contribution in [0.3, 0.4) is 0 Å². The van der Waals surface area contributed by atoms with Gasteiger partial charge in [0, 0.05) is 5.92 Å². The molecule has 0 saturated heterocycles.